The lowest BCUT2D eigenvalue weighted by atomic mass is 10.6. The standard InChI is InChI=1S/C5H12O9P2/c1-5(4-14-16(9,10)11)12-2-3-13-15(6,7)8/h1-4H2,(H2,6,7,8)(H2,9,10,11). The van der Waals surface area contributed by atoms with Gasteiger partial charge in [-0.3, -0.25) is 9.05 Å². The predicted octanol–water partition coefficient (Wildman–Crippen LogP) is -0.265. The highest BCUT2D eigenvalue weighted by Crippen LogP contribution is 2.36. The van der Waals surface area contributed by atoms with Crippen molar-refractivity contribution in [1.82, 2.24) is 0 Å². The summed E-state index contributed by atoms with van der Waals surface area (Å²) >= 11 is 0. The van der Waals surface area contributed by atoms with Gasteiger partial charge < -0.3 is 24.3 Å². The van der Waals surface area contributed by atoms with E-state index in [2.05, 4.69) is 15.6 Å². The van der Waals surface area contributed by atoms with Crippen LogP contribution in [0.2, 0.25) is 0 Å². The molecule has 16 heavy (non-hydrogen) atoms. The number of ether oxygens (including phenoxy) is 1. The molecule has 0 spiro atoms. The van der Waals surface area contributed by atoms with Crippen molar-refractivity contribution < 1.29 is 42.5 Å². The zero-order chi connectivity index (χ0) is 12.8. The van der Waals surface area contributed by atoms with Crippen molar-refractivity contribution in [3.8, 4) is 0 Å². The van der Waals surface area contributed by atoms with Crippen LogP contribution < -0.4 is 0 Å². The summed E-state index contributed by atoms with van der Waals surface area (Å²) in [6, 6.07) is 0. The third-order valence-corrected chi connectivity index (χ3v) is 2.03. The molecule has 0 unspecified atom stereocenters. The molecule has 11 heteroatoms. The summed E-state index contributed by atoms with van der Waals surface area (Å²) in [5.74, 6) is -0.0994. The van der Waals surface area contributed by atoms with E-state index in [4.69, 9.17) is 24.3 Å². The molecule has 9 nitrogen and oxygen atoms in total. The number of hydrogen-bond acceptors (Lipinski definition) is 5. The van der Waals surface area contributed by atoms with Crippen LogP contribution in [-0.4, -0.2) is 39.4 Å². The SMILES string of the molecule is C=C(COP(=O)(O)O)OCCOP(=O)(O)O. The van der Waals surface area contributed by atoms with Gasteiger partial charge in [0.15, 0.2) is 0 Å². The molecule has 0 rings (SSSR count). The van der Waals surface area contributed by atoms with Crippen LogP contribution in [0.3, 0.4) is 0 Å². The highest BCUT2D eigenvalue weighted by Gasteiger charge is 2.15. The van der Waals surface area contributed by atoms with Crippen molar-refractivity contribution in [3.63, 3.8) is 0 Å². The lowest BCUT2D eigenvalue weighted by Gasteiger charge is -2.10. The third kappa shape index (κ3) is 11.8. The topological polar surface area (TPSA) is 143 Å². The Labute approximate surface area is 91.1 Å². The van der Waals surface area contributed by atoms with Crippen molar-refractivity contribution in [2.24, 2.45) is 0 Å². The van der Waals surface area contributed by atoms with Gasteiger partial charge in [0.1, 0.15) is 19.0 Å². The molecule has 0 aromatic heterocycles. The van der Waals surface area contributed by atoms with Gasteiger partial charge in [-0.1, -0.05) is 6.58 Å². The maximum atomic E-state index is 10.2. The second kappa shape index (κ2) is 6.48. The Hall–Kier alpha value is -0.240. The average Bonchev–Trinajstić information content (AvgIpc) is 2.06. The van der Waals surface area contributed by atoms with Gasteiger partial charge in [0.2, 0.25) is 0 Å². The second-order valence-electron chi connectivity index (χ2n) is 2.47. The number of rotatable bonds is 8. The van der Waals surface area contributed by atoms with Gasteiger partial charge in [-0.05, 0) is 0 Å². The number of phosphoric acid groups is 2. The van der Waals surface area contributed by atoms with E-state index < -0.39 is 22.3 Å². The Balaban J connectivity index is 3.60. The van der Waals surface area contributed by atoms with E-state index in [-0.39, 0.29) is 19.0 Å². The zero-order valence-corrected chi connectivity index (χ0v) is 9.84. The van der Waals surface area contributed by atoms with Crippen LogP contribution in [-0.2, 0) is 22.9 Å². The molecule has 0 radical (unpaired) electrons. The van der Waals surface area contributed by atoms with Crippen LogP contribution in [0.1, 0.15) is 0 Å². The predicted molar refractivity (Wildman–Crippen MR) is 51.1 cm³/mol. The van der Waals surface area contributed by atoms with Crippen molar-refractivity contribution in [1.29, 1.82) is 0 Å². The molecular weight excluding hydrogens is 266 g/mol. The fourth-order valence-electron chi connectivity index (χ4n) is 0.540. The smallest absolute Gasteiger partial charge is 0.470 e. The van der Waals surface area contributed by atoms with Gasteiger partial charge in [-0.25, -0.2) is 9.13 Å². The number of hydrogen-bond donors (Lipinski definition) is 4. The summed E-state index contributed by atoms with van der Waals surface area (Å²) in [6.45, 7) is 2.11. The first-order chi connectivity index (χ1) is 7.10. The first kappa shape index (κ1) is 15.8. The lowest BCUT2D eigenvalue weighted by molar-refractivity contribution is 0.105. The van der Waals surface area contributed by atoms with E-state index in [9.17, 15) is 9.13 Å². The third-order valence-electron chi connectivity index (χ3n) is 1.04. The second-order valence-corrected chi connectivity index (χ2v) is 4.95. The fourth-order valence-corrected chi connectivity index (χ4v) is 1.16. The first-order valence-electron chi connectivity index (χ1n) is 3.81. The van der Waals surface area contributed by atoms with Gasteiger partial charge in [-0.2, -0.15) is 0 Å². The molecule has 96 valence electrons. The normalized spacial score (nSPS) is 12.5. The van der Waals surface area contributed by atoms with Gasteiger partial charge >= 0.3 is 15.6 Å². The quantitative estimate of drug-likeness (QED) is 0.268. The van der Waals surface area contributed by atoms with E-state index in [0.717, 1.165) is 0 Å². The first-order valence-corrected chi connectivity index (χ1v) is 6.87. The van der Waals surface area contributed by atoms with Crippen LogP contribution in [0.15, 0.2) is 12.3 Å². The van der Waals surface area contributed by atoms with Crippen LogP contribution in [0.4, 0.5) is 0 Å². The summed E-state index contributed by atoms with van der Waals surface area (Å²) in [4.78, 5) is 33.2. The minimum absolute atomic E-state index is 0.0994. The van der Waals surface area contributed by atoms with Crippen LogP contribution in [0, 0.1) is 0 Å². The Morgan fingerprint density at radius 2 is 1.50 bits per heavy atom. The number of phosphoric ester groups is 2. The van der Waals surface area contributed by atoms with Crippen molar-refractivity contribution in [2.45, 2.75) is 0 Å². The fraction of sp³-hybridized carbons (Fsp3) is 0.600. The molecule has 0 saturated heterocycles. The van der Waals surface area contributed by atoms with Crippen molar-refractivity contribution >= 4 is 15.6 Å². The molecule has 0 heterocycles. The largest absolute Gasteiger partial charge is 0.494 e. The highest BCUT2D eigenvalue weighted by atomic mass is 31.2. The molecular formula is C5H12O9P2. The highest BCUT2D eigenvalue weighted by molar-refractivity contribution is 7.46. The molecule has 0 aliphatic rings. The average molecular weight is 278 g/mol. The summed E-state index contributed by atoms with van der Waals surface area (Å²) < 4.78 is 33.2. The minimum atomic E-state index is -4.58. The Morgan fingerprint density at radius 1 is 1.00 bits per heavy atom. The van der Waals surface area contributed by atoms with E-state index in [1.54, 1.807) is 0 Å². The maximum absolute atomic E-state index is 10.2. The van der Waals surface area contributed by atoms with E-state index in [0.29, 0.717) is 0 Å². The van der Waals surface area contributed by atoms with Crippen molar-refractivity contribution in [3.05, 3.63) is 12.3 Å². The molecule has 0 amide bonds. The van der Waals surface area contributed by atoms with Gasteiger partial charge in [0.05, 0.1) is 6.61 Å². The van der Waals surface area contributed by atoms with Crippen LogP contribution >= 0.6 is 15.6 Å². The Morgan fingerprint density at radius 3 is 1.94 bits per heavy atom. The molecule has 0 aromatic carbocycles. The van der Waals surface area contributed by atoms with E-state index in [1.165, 1.54) is 0 Å². The van der Waals surface area contributed by atoms with Crippen LogP contribution in [0.5, 0.6) is 0 Å². The summed E-state index contributed by atoms with van der Waals surface area (Å²) in [6.07, 6.45) is 0. The minimum Gasteiger partial charge on any atom is -0.494 e. The Bertz CT molecular complexity index is 314. The van der Waals surface area contributed by atoms with E-state index in [1.807, 2.05) is 0 Å². The van der Waals surface area contributed by atoms with Crippen molar-refractivity contribution in [2.75, 3.05) is 19.8 Å². The Kier molecular flexibility index (Phi) is 6.39. The maximum Gasteiger partial charge on any atom is 0.470 e. The van der Waals surface area contributed by atoms with Crippen LogP contribution in [0.25, 0.3) is 0 Å². The molecule has 0 atom stereocenters. The molecule has 4 N–H and O–H groups in total. The van der Waals surface area contributed by atoms with E-state index >= 15 is 0 Å². The summed E-state index contributed by atoms with van der Waals surface area (Å²) in [7, 11) is -9.11. The lowest BCUT2D eigenvalue weighted by Crippen LogP contribution is -2.05. The zero-order valence-electron chi connectivity index (χ0n) is 8.05. The molecule has 0 aliphatic heterocycles. The monoisotopic (exact) mass is 278 g/mol. The summed E-state index contributed by atoms with van der Waals surface area (Å²) in [5.41, 5.74) is 0. The molecule has 0 aromatic rings. The van der Waals surface area contributed by atoms with Gasteiger partial charge in [0.25, 0.3) is 0 Å². The van der Waals surface area contributed by atoms with Gasteiger partial charge in [-0.15, -0.1) is 0 Å². The summed E-state index contributed by atoms with van der Waals surface area (Å²) in [5, 5.41) is 0. The molecule has 0 aliphatic carbocycles. The molecule has 0 saturated carbocycles. The molecule has 0 fully saturated rings. The van der Waals surface area contributed by atoms with Gasteiger partial charge in [0, 0.05) is 0 Å². The molecule has 0 bridgehead atoms.